The molecule has 3 rings (SSSR count). The number of carbonyl (C=O) groups excluding carboxylic acids is 1. The van der Waals surface area contributed by atoms with E-state index in [2.05, 4.69) is 22.5 Å². The van der Waals surface area contributed by atoms with Gasteiger partial charge in [0.15, 0.2) is 0 Å². The first kappa shape index (κ1) is 16.9. The van der Waals surface area contributed by atoms with Crippen molar-refractivity contribution >= 4 is 17.2 Å². The SMILES string of the molecule is CC[C@@H]1CN(C(=O)C(C)C)CC[C@@H]1NCc1csc(C2CC2)n1. The number of nitrogens with zero attached hydrogens (tertiary/aromatic N) is 2. The van der Waals surface area contributed by atoms with E-state index in [-0.39, 0.29) is 5.92 Å². The summed E-state index contributed by atoms with van der Waals surface area (Å²) in [5, 5.41) is 7.24. The van der Waals surface area contributed by atoms with Crippen LogP contribution in [0.3, 0.4) is 0 Å². The Morgan fingerprint density at radius 2 is 2.22 bits per heavy atom. The molecule has 0 radical (unpaired) electrons. The van der Waals surface area contributed by atoms with E-state index in [1.165, 1.54) is 23.5 Å². The summed E-state index contributed by atoms with van der Waals surface area (Å²) >= 11 is 1.82. The van der Waals surface area contributed by atoms with E-state index < -0.39 is 0 Å². The molecule has 0 aromatic carbocycles. The second-order valence-electron chi connectivity index (χ2n) is 7.33. The molecule has 4 nitrogen and oxygen atoms in total. The average Bonchev–Trinajstić information content (AvgIpc) is 3.30. The molecule has 2 heterocycles. The van der Waals surface area contributed by atoms with E-state index in [0.717, 1.165) is 38.4 Å². The normalized spacial score (nSPS) is 25.1. The summed E-state index contributed by atoms with van der Waals surface area (Å²) in [6.07, 6.45) is 4.81. The summed E-state index contributed by atoms with van der Waals surface area (Å²) in [5.74, 6) is 1.71. The maximum absolute atomic E-state index is 12.2. The summed E-state index contributed by atoms with van der Waals surface area (Å²) in [4.78, 5) is 19.0. The van der Waals surface area contributed by atoms with Crippen LogP contribution in [0.1, 0.15) is 63.1 Å². The molecule has 1 aliphatic carbocycles. The van der Waals surface area contributed by atoms with Crippen LogP contribution in [0.2, 0.25) is 0 Å². The number of amides is 1. The Bertz CT molecular complexity index is 538. The summed E-state index contributed by atoms with van der Waals surface area (Å²) in [7, 11) is 0. The van der Waals surface area contributed by atoms with Gasteiger partial charge in [0, 0.05) is 42.9 Å². The lowest BCUT2D eigenvalue weighted by Crippen LogP contribution is -2.51. The lowest BCUT2D eigenvalue weighted by molar-refractivity contribution is -0.136. The summed E-state index contributed by atoms with van der Waals surface area (Å²) in [6, 6.07) is 0.502. The van der Waals surface area contributed by atoms with Crippen molar-refractivity contribution in [3.63, 3.8) is 0 Å². The third kappa shape index (κ3) is 4.13. The molecule has 128 valence electrons. The Morgan fingerprint density at radius 1 is 1.43 bits per heavy atom. The summed E-state index contributed by atoms with van der Waals surface area (Å²) in [5.41, 5.74) is 1.19. The van der Waals surface area contributed by atoms with Gasteiger partial charge in [0.2, 0.25) is 5.91 Å². The second-order valence-corrected chi connectivity index (χ2v) is 8.22. The van der Waals surface area contributed by atoms with Gasteiger partial charge in [-0.1, -0.05) is 27.2 Å². The fraction of sp³-hybridized carbons (Fsp3) is 0.778. The van der Waals surface area contributed by atoms with E-state index in [1.807, 2.05) is 25.2 Å². The van der Waals surface area contributed by atoms with Gasteiger partial charge in [-0.2, -0.15) is 0 Å². The maximum Gasteiger partial charge on any atom is 0.225 e. The molecule has 2 fully saturated rings. The number of carbonyl (C=O) groups is 1. The zero-order valence-electron chi connectivity index (χ0n) is 14.5. The van der Waals surface area contributed by atoms with Crippen molar-refractivity contribution < 1.29 is 4.79 Å². The molecule has 5 heteroatoms. The van der Waals surface area contributed by atoms with Crippen LogP contribution in [-0.4, -0.2) is 34.9 Å². The molecule has 1 aliphatic heterocycles. The largest absolute Gasteiger partial charge is 0.342 e. The van der Waals surface area contributed by atoms with Crippen LogP contribution >= 0.6 is 11.3 Å². The van der Waals surface area contributed by atoms with Gasteiger partial charge in [-0.3, -0.25) is 4.79 Å². The zero-order valence-corrected chi connectivity index (χ0v) is 15.4. The minimum Gasteiger partial charge on any atom is -0.342 e. The molecule has 2 atom stereocenters. The van der Waals surface area contributed by atoms with Gasteiger partial charge in [-0.15, -0.1) is 11.3 Å². The first-order chi connectivity index (χ1) is 11.1. The highest BCUT2D eigenvalue weighted by Crippen LogP contribution is 2.41. The van der Waals surface area contributed by atoms with Crippen molar-refractivity contribution in [2.45, 2.75) is 65.0 Å². The Labute approximate surface area is 143 Å². The van der Waals surface area contributed by atoms with Gasteiger partial charge in [0.25, 0.3) is 0 Å². The maximum atomic E-state index is 12.2. The third-order valence-electron chi connectivity index (χ3n) is 5.11. The predicted molar refractivity (Wildman–Crippen MR) is 94.5 cm³/mol. The summed E-state index contributed by atoms with van der Waals surface area (Å²) in [6.45, 7) is 8.87. The van der Waals surface area contributed by atoms with E-state index in [1.54, 1.807) is 0 Å². The van der Waals surface area contributed by atoms with Crippen molar-refractivity contribution in [2.75, 3.05) is 13.1 Å². The molecule has 2 aliphatic rings. The lowest BCUT2D eigenvalue weighted by atomic mass is 9.89. The number of likely N-dealkylation sites (tertiary alicyclic amines) is 1. The summed E-state index contributed by atoms with van der Waals surface area (Å²) < 4.78 is 0. The van der Waals surface area contributed by atoms with Crippen molar-refractivity contribution in [2.24, 2.45) is 11.8 Å². The molecule has 1 saturated heterocycles. The fourth-order valence-corrected chi connectivity index (χ4v) is 4.43. The average molecular weight is 336 g/mol. The quantitative estimate of drug-likeness (QED) is 0.867. The lowest BCUT2D eigenvalue weighted by Gasteiger charge is -2.39. The van der Waals surface area contributed by atoms with Crippen molar-refractivity contribution in [3.05, 3.63) is 16.1 Å². The molecule has 1 aromatic heterocycles. The van der Waals surface area contributed by atoms with E-state index in [4.69, 9.17) is 4.98 Å². The molecule has 0 bridgehead atoms. The number of nitrogens with one attached hydrogen (secondary N) is 1. The minimum atomic E-state index is 0.105. The number of piperidine rings is 1. The molecular formula is C18H29N3OS. The highest BCUT2D eigenvalue weighted by atomic mass is 32.1. The molecule has 1 N–H and O–H groups in total. The van der Waals surface area contributed by atoms with Crippen molar-refractivity contribution in [1.29, 1.82) is 0 Å². The number of hydrogen-bond donors (Lipinski definition) is 1. The van der Waals surface area contributed by atoms with Crippen LogP contribution in [0, 0.1) is 11.8 Å². The zero-order chi connectivity index (χ0) is 16.4. The van der Waals surface area contributed by atoms with Crippen LogP contribution in [0.4, 0.5) is 0 Å². The standard InChI is InChI=1S/C18H29N3OS/c1-4-13-10-21(18(22)12(2)3)8-7-16(13)19-9-15-11-23-17(20-15)14-5-6-14/h11-14,16,19H,4-10H2,1-3H3/t13-,16+/m1/s1. The van der Waals surface area contributed by atoms with Gasteiger partial charge in [-0.25, -0.2) is 4.98 Å². The third-order valence-corrected chi connectivity index (χ3v) is 6.16. The predicted octanol–water partition coefficient (Wildman–Crippen LogP) is 3.39. The second kappa shape index (κ2) is 7.31. The number of hydrogen-bond acceptors (Lipinski definition) is 4. The first-order valence-corrected chi connectivity index (χ1v) is 9.93. The van der Waals surface area contributed by atoms with Crippen molar-refractivity contribution in [1.82, 2.24) is 15.2 Å². The van der Waals surface area contributed by atoms with Crippen LogP contribution in [0.25, 0.3) is 0 Å². The highest BCUT2D eigenvalue weighted by molar-refractivity contribution is 7.09. The molecule has 23 heavy (non-hydrogen) atoms. The van der Waals surface area contributed by atoms with Crippen LogP contribution in [-0.2, 0) is 11.3 Å². The molecule has 0 unspecified atom stereocenters. The van der Waals surface area contributed by atoms with E-state index >= 15 is 0 Å². The molecule has 0 spiro atoms. The van der Waals surface area contributed by atoms with Gasteiger partial charge in [0.05, 0.1) is 10.7 Å². The topological polar surface area (TPSA) is 45.2 Å². The minimum absolute atomic E-state index is 0.105. The van der Waals surface area contributed by atoms with Crippen LogP contribution in [0.15, 0.2) is 5.38 Å². The smallest absolute Gasteiger partial charge is 0.225 e. The number of thiazole rings is 1. The highest BCUT2D eigenvalue weighted by Gasteiger charge is 2.31. The number of aromatic nitrogens is 1. The molecule has 1 aromatic rings. The van der Waals surface area contributed by atoms with Gasteiger partial charge < -0.3 is 10.2 Å². The van der Waals surface area contributed by atoms with Gasteiger partial charge >= 0.3 is 0 Å². The monoisotopic (exact) mass is 335 g/mol. The van der Waals surface area contributed by atoms with Gasteiger partial charge in [0.1, 0.15) is 0 Å². The molecular weight excluding hydrogens is 306 g/mol. The first-order valence-electron chi connectivity index (χ1n) is 9.05. The fourth-order valence-electron chi connectivity index (χ4n) is 3.44. The Morgan fingerprint density at radius 3 is 2.87 bits per heavy atom. The van der Waals surface area contributed by atoms with E-state index in [9.17, 15) is 4.79 Å². The van der Waals surface area contributed by atoms with Crippen LogP contribution < -0.4 is 5.32 Å². The Kier molecular flexibility index (Phi) is 5.37. The molecule has 1 saturated carbocycles. The number of rotatable bonds is 6. The van der Waals surface area contributed by atoms with E-state index in [0.29, 0.717) is 17.9 Å². The molecule has 1 amide bonds. The Hall–Kier alpha value is -0.940. The van der Waals surface area contributed by atoms with Crippen molar-refractivity contribution in [3.8, 4) is 0 Å². The van der Waals surface area contributed by atoms with Gasteiger partial charge in [-0.05, 0) is 25.2 Å². The van der Waals surface area contributed by atoms with Crippen LogP contribution in [0.5, 0.6) is 0 Å². The Balaban J connectivity index is 1.52.